The van der Waals surface area contributed by atoms with Crippen molar-refractivity contribution in [2.45, 2.75) is 18.4 Å². The average molecular weight is 315 g/mol. The van der Waals surface area contributed by atoms with Gasteiger partial charge in [0.1, 0.15) is 4.90 Å². The number of aromatic amines is 1. The van der Waals surface area contributed by atoms with Gasteiger partial charge in [-0.3, -0.25) is 5.10 Å². The van der Waals surface area contributed by atoms with Crippen LogP contribution in [0.3, 0.4) is 0 Å². The fourth-order valence-electron chi connectivity index (χ4n) is 1.79. The lowest BCUT2D eigenvalue weighted by molar-refractivity contribution is 0.177. The number of aromatic nitrogens is 2. The second-order valence-corrected chi connectivity index (χ2v) is 7.21. The molecule has 8 heteroatoms. The standard InChI is InChI=1S/C12H17N3O3S2/c1-10-12(8-13-14-10)20(16,17)15(5-6-18-2)9-11-4-3-7-19-11/h3-4,7-8H,5-6,9H2,1-2H3,(H,13,14). The Morgan fingerprint density at radius 2 is 2.30 bits per heavy atom. The topological polar surface area (TPSA) is 75.3 Å². The van der Waals surface area contributed by atoms with Crippen molar-refractivity contribution in [1.29, 1.82) is 0 Å². The number of H-pyrrole nitrogens is 1. The molecule has 0 radical (unpaired) electrons. The van der Waals surface area contributed by atoms with Crippen LogP contribution in [0.1, 0.15) is 10.6 Å². The average Bonchev–Trinajstić information content (AvgIpc) is 3.05. The molecule has 2 rings (SSSR count). The van der Waals surface area contributed by atoms with E-state index >= 15 is 0 Å². The third-order valence-corrected chi connectivity index (χ3v) is 5.68. The molecular weight excluding hydrogens is 298 g/mol. The maximum Gasteiger partial charge on any atom is 0.246 e. The summed E-state index contributed by atoms with van der Waals surface area (Å²) < 4.78 is 31.7. The lowest BCUT2D eigenvalue weighted by Gasteiger charge is -2.20. The lowest BCUT2D eigenvalue weighted by atomic mass is 10.4. The summed E-state index contributed by atoms with van der Waals surface area (Å²) >= 11 is 1.53. The predicted octanol–water partition coefficient (Wildman–Crippen LogP) is 1.62. The number of hydrogen-bond donors (Lipinski definition) is 1. The smallest absolute Gasteiger partial charge is 0.246 e. The molecule has 0 bridgehead atoms. The van der Waals surface area contributed by atoms with E-state index in [-0.39, 0.29) is 4.90 Å². The molecular formula is C12H17N3O3S2. The Morgan fingerprint density at radius 3 is 2.85 bits per heavy atom. The van der Waals surface area contributed by atoms with Crippen LogP contribution < -0.4 is 0 Å². The third-order valence-electron chi connectivity index (χ3n) is 2.86. The summed E-state index contributed by atoms with van der Waals surface area (Å²) in [7, 11) is -2.02. The highest BCUT2D eigenvalue weighted by Crippen LogP contribution is 2.21. The molecule has 0 aliphatic rings. The van der Waals surface area contributed by atoms with Gasteiger partial charge in [0.05, 0.1) is 18.5 Å². The first-order chi connectivity index (χ1) is 9.55. The van der Waals surface area contributed by atoms with Crippen LogP contribution in [-0.2, 0) is 21.3 Å². The number of sulfonamides is 1. The summed E-state index contributed by atoms with van der Waals surface area (Å²) in [6, 6.07) is 3.83. The molecule has 2 heterocycles. The van der Waals surface area contributed by atoms with Crippen LogP contribution >= 0.6 is 11.3 Å². The number of nitrogens with zero attached hydrogens (tertiary/aromatic N) is 2. The molecule has 0 saturated heterocycles. The Kier molecular flexibility index (Phi) is 4.92. The number of methoxy groups -OCH3 is 1. The summed E-state index contributed by atoms with van der Waals surface area (Å²) in [6.45, 7) is 2.69. The van der Waals surface area contributed by atoms with E-state index in [2.05, 4.69) is 10.2 Å². The van der Waals surface area contributed by atoms with Crippen molar-refractivity contribution in [3.63, 3.8) is 0 Å². The highest BCUT2D eigenvalue weighted by atomic mass is 32.2. The maximum absolute atomic E-state index is 12.7. The molecule has 0 amide bonds. The minimum atomic E-state index is -3.57. The quantitative estimate of drug-likeness (QED) is 0.842. The van der Waals surface area contributed by atoms with Crippen LogP contribution in [0.5, 0.6) is 0 Å². The molecule has 1 N–H and O–H groups in total. The SMILES string of the molecule is COCCN(Cc1cccs1)S(=O)(=O)c1cn[nH]c1C. The summed E-state index contributed by atoms with van der Waals surface area (Å²) in [4.78, 5) is 1.20. The van der Waals surface area contributed by atoms with Crippen molar-refractivity contribution < 1.29 is 13.2 Å². The number of hydrogen-bond acceptors (Lipinski definition) is 5. The van der Waals surface area contributed by atoms with Crippen molar-refractivity contribution in [2.24, 2.45) is 0 Å². The zero-order valence-corrected chi connectivity index (χ0v) is 13.0. The van der Waals surface area contributed by atoms with Crippen LogP contribution in [0.2, 0.25) is 0 Å². The van der Waals surface area contributed by atoms with Gasteiger partial charge in [0.25, 0.3) is 0 Å². The molecule has 0 atom stereocenters. The maximum atomic E-state index is 12.7. The molecule has 0 spiro atoms. The first kappa shape index (κ1) is 15.2. The van der Waals surface area contributed by atoms with Crippen molar-refractivity contribution in [2.75, 3.05) is 20.3 Å². The first-order valence-electron chi connectivity index (χ1n) is 6.07. The molecule has 0 aliphatic carbocycles. The highest BCUT2D eigenvalue weighted by Gasteiger charge is 2.27. The van der Waals surface area contributed by atoms with Gasteiger partial charge in [-0.1, -0.05) is 6.07 Å². The van der Waals surface area contributed by atoms with E-state index in [1.807, 2.05) is 17.5 Å². The molecule has 0 fully saturated rings. The molecule has 2 aromatic heterocycles. The van der Waals surface area contributed by atoms with Crippen molar-refractivity contribution in [3.8, 4) is 0 Å². The molecule has 110 valence electrons. The molecule has 0 saturated carbocycles. The van der Waals surface area contributed by atoms with Crippen molar-refractivity contribution in [1.82, 2.24) is 14.5 Å². The summed E-state index contributed by atoms with van der Waals surface area (Å²) in [5, 5.41) is 8.38. The van der Waals surface area contributed by atoms with Crippen LogP contribution in [0.4, 0.5) is 0 Å². The van der Waals surface area contributed by atoms with E-state index in [1.165, 1.54) is 21.8 Å². The van der Waals surface area contributed by atoms with Crippen molar-refractivity contribution >= 4 is 21.4 Å². The Hall–Kier alpha value is -1.22. The largest absolute Gasteiger partial charge is 0.383 e. The number of nitrogens with one attached hydrogen (secondary N) is 1. The van der Waals surface area contributed by atoms with Crippen LogP contribution in [0, 0.1) is 6.92 Å². The van der Waals surface area contributed by atoms with Gasteiger partial charge in [-0.25, -0.2) is 8.42 Å². The Balaban J connectivity index is 2.28. The van der Waals surface area contributed by atoms with E-state index < -0.39 is 10.0 Å². The first-order valence-corrected chi connectivity index (χ1v) is 8.39. The molecule has 6 nitrogen and oxygen atoms in total. The monoisotopic (exact) mass is 315 g/mol. The van der Waals surface area contributed by atoms with Gasteiger partial charge in [-0.05, 0) is 18.4 Å². The molecule has 0 unspecified atom stereocenters. The van der Waals surface area contributed by atoms with Crippen LogP contribution in [-0.4, -0.2) is 43.2 Å². The number of thiophene rings is 1. The van der Waals surface area contributed by atoms with Gasteiger partial charge in [0, 0.05) is 25.1 Å². The van der Waals surface area contributed by atoms with E-state index in [1.54, 1.807) is 14.0 Å². The Morgan fingerprint density at radius 1 is 1.50 bits per heavy atom. The molecule has 2 aromatic rings. The molecule has 0 aromatic carbocycles. The second kappa shape index (κ2) is 6.49. The Bertz CT molecular complexity index is 635. The zero-order valence-electron chi connectivity index (χ0n) is 11.4. The van der Waals surface area contributed by atoms with Gasteiger partial charge >= 0.3 is 0 Å². The minimum Gasteiger partial charge on any atom is -0.383 e. The summed E-state index contributed by atoms with van der Waals surface area (Å²) in [6.07, 6.45) is 1.35. The van der Waals surface area contributed by atoms with Crippen LogP contribution in [0.15, 0.2) is 28.6 Å². The predicted molar refractivity (Wildman–Crippen MR) is 77.1 cm³/mol. The van der Waals surface area contributed by atoms with E-state index in [9.17, 15) is 8.42 Å². The number of rotatable bonds is 7. The minimum absolute atomic E-state index is 0.213. The van der Waals surface area contributed by atoms with E-state index in [0.29, 0.717) is 25.4 Å². The number of ether oxygens (including phenoxy) is 1. The fraction of sp³-hybridized carbons (Fsp3) is 0.417. The van der Waals surface area contributed by atoms with Gasteiger partial charge < -0.3 is 4.74 Å². The summed E-state index contributed by atoms with van der Waals surface area (Å²) in [5.74, 6) is 0. The normalized spacial score (nSPS) is 12.2. The van der Waals surface area contributed by atoms with Gasteiger partial charge in [-0.15, -0.1) is 11.3 Å². The van der Waals surface area contributed by atoms with E-state index in [4.69, 9.17) is 4.74 Å². The Labute approximate surface area is 122 Å². The third kappa shape index (κ3) is 3.26. The lowest BCUT2D eigenvalue weighted by Crippen LogP contribution is -2.33. The van der Waals surface area contributed by atoms with Gasteiger partial charge in [0.15, 0.2) is 0 Å². The van der Waals surface area contributed by atoms with Gasteiger partial charge in [0.2, 0.25) is 10.0 Å². The zero-order chi connectivity index (χ0) is 14.6. The summed E-state index contributed by atoms with van der Waals surface area (Å²) in [5.41, 5.74) is 0.540. The molecule has 0 aliphatic heterocycles. The highest BCUT2D eigenvalue weighted by molar-refractivity contribution is 7.89. The second-order valence-electron chi connectivity index (χ2n) is 4.27. The van der Waals surface area contributed by atoms with Crippen molar-refractivity contribution in [3.05, 3.63) is 34.3 Å². The fourth-order valence-corrected chi connectivity index (χ4v) is 4.11. The van der Waals surface area contributed by atoms with Gasteiger partial charge in [-0.2, -0.15) is 9.40 Å². The van der Waals surface area contributed by atoms with E-state index in [0.717, 1.165) is 4.88 Å². The van der Waals surface area contributed by atoms with Crippen LogP contribution in [0.25, 0.3) is 0 Å². The molecule has 20 heavy (non-hydrogen) atoms. The number of aryl methyl sites for hydroxylation is 1.